The van der Waals surface area contributed by atoms with Crippen molar-refractivity contribution in [2.45, 2.75) is 39.2 Å². The number of aliphatic hydroxyl groups excluding tert-OH is 1. The summed E-state index contributed by atoms with van der Waals surface area (Å²) in [6.45, 7) is 4.69. The molecular formula is C17H25FN2O2. The van der Waals surface area contributed by atoms with Crippen molar-refractivity contribution in [2.75, 3.05) is 13.2 Å². The summed E-state index contributed by atoms with van der Waals surface area (Å²) in [7, 11) is 0. The van der Waals surface area contributed by atoms with E-state index in [0.29, 0.717) is 13.0 Å². The molecule has 0 aliphatic heterocycles. The van der Waals surface area contributed by atoms with Gasteiger partial charge < -0.3 is 15.7 Å². The first-order chi connectivity index (χ1) is 10.5. The first-order valence-corrected chi connectivity index (χ1v) is 7.95. The van der Waals surface area contributed by atoms with Crippen molar-refractivity contribution in [1.29, 1.82) is 0 Å². The molecule has 22 heavy (non-hydrogen) atoms. The van der Waals surface area contributed by atoms with E-state index < -0.39 is 0 Å². The number of carbonyl (C=O) groups excluding carboxylic acids is 1. The van der Waals surface area contributed by atoms with Crippen molar-refractivity contribution in [3.05, 3.63) is 35.1 Å². The van der Waals surface area contributed by atoms with Crippen LogP contribution in [-0.4, -0.2) is 24.3 Å². The summed E-state index contributed by atoms with van der Waals surface area (Å²) in [5.74, 6) is 0.312. The molecule has 0 fully saturated rings. The fraction of sp³-hybridized carbons (Fsp3) is 0.588. The lowest BCUT2D eigenvalue weighted by Gasteiger charge is -2.32. The average molecular weight is 308 g/mol. The van der Waals surface area contributed by atoms with E-state index in [-0.39, 0.29) is 36.3 Å². The van der Waals surface area contributed by atoms with Gasteiger partial charge in [0.05, 0.1) is 6.04 Å². The van der Waals surface area contributed by atoms with Crippen molar-refractivity contribution < 1.29 is 14.3 Å². The summed E-state index contributed by atoms with van der Waals surface area (Å²) in [6, 6.07) is 4.67. The van der Waals surface area contributed by atoms with E-state index in [9.17, 15) is 9.18 Å². The van der Waals surface area contributed by atoms with Crippen LogP contribution in [0.2, 0.25) is 0 Å². The maximum atomic E-state index is 13.9. The Bertz CT molecular complexity index is 521. The lowest BCUT2D eigenvalue weighted by atomic mass is 9.80. The standard InChI is InChI=1S/C17H25FN2O2/c1-11(8-9-21)10-19-17(22)20-16-12(2)6-7-13-14(16)4-3-5-15(13)18/h3-5,11-12,16,21H,6-10H2,1-2H3,(H2,19,20,22). The third-order valence-corrected chi connectivity index (χ3v) is 4.43. The van der Waals surface area contributed by atoms with E-state index >= 15 is 0 Å². The lowest BCUT2D eigenvalue weighted by molar-refractivity contribution is 0.224. The Morgan fingerprint density at radius 3 is 3.00 bits per heavy atom. The number of urea groups is 1. The van der Waals surface area contributed by atoms with E-state index in [4.69, 9.17) is 5.11 Å². The number of hydrogen-bond donors (Lipinski definition) is 3. The van der Waals surface area contributed by atoms with Crippen LogP contribution in [0.1, 0.15) is 43.9 Å². The molecule has 0 heterocycles. The quantitative estimate of drug-likeness (QED) is 0.783. The van der Waals surface area contributed by atoms with Crippen LogP contribution in [0.4, 0.5) is 9.18 Å². The minimum absolute atomic E-state index is 0.122. The molecule has 0 saturated carbocycles. The molecule has 0 aromatic heterocycles. The van der Waals surface area contributed by atoms with E-state index in [1.54, 1.807) is 6.07 Å². The maximum absolute atomic E-state index is 13.9. The molecule has 3 unspecified atom stereocenters. The van der Waals surface area contributed by atoms with Gasteiger partial charge in [-0.1, -0.05) is 26.0 Å². The molecule has 0 bridgehead atoms. The minimum atomic E-state index is -0.237. The highest BCUT2D eigenvalue weighted by atomic mass is 19.1. The number of halogens is 1. The Morgan fingerprint density at radius 2 is 2.27 bits per heavy atom. The fourth-order valence-corrected chi connectivity index (χ4v) is 2.98. The van der Waals surface area contributed by atoms with Gasteiger partial charge in [-0.15, -0.1) is 0 Å². The topological polar surface area (TPSA) is 61.4 Å². The lowest BCUT2D eigenvalue weighted by Crippen LogP contribution is -2.43. The SMILES string of the molecule is CC(CCO)CNC(=O)NC1c2cccc(F)c2CCC1C. The zero-order chi connectivity index (χ0) is 16.1. The highest BCUT2D eigenvalue weighted by Gasteiger charge is 2.29. The van der Waals surface area contributed by atoms with Crippen LogP contribution in [0.15, 0.2) is 18.2 Å². The number of rotatable bonds is 5. The second kappa shape index (κ2) is 7.58. The molecule has 0 radical (unpaired) electrons. The van der Waals surface area contributed by atoms with Gasteiger partial charge in [-0.3, -0.25) is 0 Å². The van der Waals surface area contributed by atoms with Gasteiger partial charge in [-0.05, 0) is 48.3 Å². The molecule has 1 aromatic carbocycles. The van der Waals surface area contributed by atoms with Gasteiger partial charge in [0.15, 0.2) is 0 Å². The molecule has 2 rings (SSSR count). The second-order valence-corrected chi connectivity index (χ2v) is 6.27. The summed E-state index contributed by atoms with van der Waals surface area (Å²) >= 11 is 0. The maximum Gasteiger partial charge on any atom is 0.315 e. The van der Waals surface area contributed by atoms with Crippen molar-refractivity contribution in [1.82, 2.24) is 10.6 Å². The monoisotopic (exact) mass is 308 g/mol. The summed E-state index contributed by atoms with van der Waals surface area (Å²) in [5.41, 5.74) is 1.61. The third-order valence-electron chi connectivity index (χ3n) is 4.43. The summed E-state index contributed by atoms with van der Waals surface area (Å²) in [4.78, 5) is 12.1. The van der Waals surface area contributed by atoms with E-state index in [1.807, 2.05) is 13.0 Å². The Balaban J connectivity index is 2.00. The van der Waals surface area contributed by atoms with Crippen molar-refractivity contribution >= 4 is 6.03 Å². The Labute approximate surface area is 131 Å². The number of aliphatic hydroxyl groups is 1. The number of fused-ring (bicyclic) bond motifs is 1. The zero-order valence-corrected chi connectivity index (χ0v) is 13.2. The number of carbonyl (C=O) groups is 1. The molecule has 3 N–H and O–H groups in total. The molecule has 0 saturated heterocycles. The first-order valence-electron chi connectivity index (χ1n) is 7.95. The Morgan fingerprint density at radius 1 is 1.50 bits per heavy atom. The van der Waals surface area contributed by atoms with Gasteiger partial charge in [-0.25, -0.2) is 9.18 Å². The Kier molecular flexibility index (Phi) is 5.77. The van der Waals surface area contributed by atoms with Crippen LogP contribution in [0.25, 0.3) is 0 Å². The van der Waals surface area contributed by atoms with E-state index in [0.717, 1.165) is 24.0 Å². The predicted octanol–water partition coefficient (Wildman–Crippen LogP) is 2.77. The molecular weight excluding hydrogens is 283 g/mol. The van der Waals surface area contributed by atoms with Crippen molar-refractivity contribution in [3.8, 4) is 0 Å². The molecule has 0 spiro atoms. The molecule has 2 amide bonds. The van der Waals surface area contributed by atoms with Crippen molar-refractivity contribution in [2.24, 2.45) is 11.8 Å². The third kappa shape index (κ3) is 3.97. The number of hydrogen-bond acceptors (Lipinski definition) is 2. The van der Waals surface area contributed by atoms with Crippen LogP contribution >= 0.6 is 0 Å². The van der Waals surface area contributed by atoms with Gasteiger partial charge in [-0.2, -0.15) is 0 Å². The highest BCUT2D eigenvalue weighted by Crippen LogP contribution is 2.35. The molecule has 122 valence electrons. The van der Waals surface area contributed by atoms with Crippen LogP contribution in [0.5, 0.6) is 0 Å². The van der Waals surface area contributed by atoms with Gasteiger partial charge in [0.25, 0.3) is 0 Å². The molecule has 1 aliphatic rings. The normalized spacial score (nSPS) is 21.8. The van der Waals surface area contributed by atoms with Crippen LogP contribution in [0, 0.1) is 17.7 Å². The number of nitrogens with one attached hydrogen (secondary N) is 2. The summed E-state index contributed by atoms with van der Waals surface area (Å²) in [6.07, 6.45) is 2.24. The van der Waals surface area contributed by atoms with E-state index in [2.05, 4.69) is 17.6 Å². The minimum Gasteiger partial charge on any atom is -0.396 e. The van der Waals surface area contributed by atoms with Crippen molar-refractivity contribution in [3.63, 3.8) is 0 Å². The summed E-state index contributed by atoms with van der Waals surface area (Å²) in [5, 5.41) is 14.7. The zero-order valence-electron chi connectivity index (χ0n) is 13.2. The van der Waals surface area contributed by atoms with Gasteiger partial charge in [0.2, 0.25) is 0 Å². The van der Waals surface area contributed by atoms with Gasteiger partial charge >= 0.3 is 6.03 Å². The van der Waals surface area contributed by atoms with Gasteiger partial charge in [0.1, 0.15) is 5.82 Å². The second-order valence-electron chi connectivity index (χ2n) is 6.27. The number of benzene rings is 1. The summed E-state index contributed by atoms with van der Waals surface area (Å²) < 4.78 is 13.9. The fourth-order valence-electron chi connectivity index (χ4n) is 2.98. The number of amides is 2. The molecule has 1 aliphatic carbocycles. The van der Waals surface area contributed by atoms with Crippen LogP contribution in [0.3, 0.4) is 0 Å². The highest BCUT2D eigenvalue weighted by molar-refractivity contribution is 5.74. The molecule has 1 aromatic rings. The largest absolute Gasteiger partial charge is 0.396 e. The predicted molar refractivity (Wildman–Crippen MR) is 84.0 cm³/mol. The van der Waals surface area contributed by atoms with Crippen LogP contribution in [-0.2, 0) is 6.42 Å². The van der Waals surface area contributed by atoms with Crippen LogP contribution < -0.4 is 10.6 Å². The average Bonchev–Trinajstić information content (AvgIpc) is 2.49. The van der Waals surface area contributed by atoms with E-state index in [1.165, 1.54) is 6.07 Å². The molecule has 3 atom stereocenters. The van der Waals surface area contributed by atoms with Gasteiger partial charge in [0, 0.05) is 13.2 Å². The molecule has 4 nitrogen and oxygen atoms in total. The first kappa shape index (κ1) is 16.7. The molecule has 5 heteroatoms. The smallest absolute Gasteiger partial charge is 0.315 e. The Hall–Kier alpha value is -1.62.